The summed E-state index contributed by atoms with van der Waals surface area (Å²) in [5, 5.41) is 30.8. The van der Waals surface area contributed by atoms with Crippen molar-refractivity contribution < 1.29 is 43.7 Å². The summed E-state index contributed by atoms with van der Waals surface area (Å²) in [6, 6.07) is 4.14. The van der Waals surface area contributed by atoms with Crippen LogP contribution >= 0.6 is 0 Å². The monoisotopic (exact) mass is 674 g/mol. The van der Waals surface area contributed by atoms with Crippen molar-refractivity contribution in [1.29, 1.82) is 0 Å². The van der Waals surface area contributed by atoms with Crippen molar-refractivity contribution in [3.8, 4) is 0 Å². The third-order valence-electron chi connectivity index (χ3n) is 7.55. The van der Waals surface area contributed by atoms with E-state index in [1.54, 1.807) is 52.0 Å². The molecule has 0 aliphatic heterocycles. The zero-order chi connectivity index (χ0) is 36.1. The number of urea groups is 1. The molecule has 1 heterocycles. The van der Waals surface area contributed by atoms with Crippen LogP contribution in [0, 0.1) is 11.3 Å². The van der Waals surface area contributed by atoms with Crippen molar-refractivity contribution in [2.75, 3.05) is 6.54 Å². The second kappa shape index (κ2) is 18.0. The lowest BCUT2D eigenvalue weighted by atomic mass is 9.79. The third kappa shape index (κ3) is 12.9. The number of aliphatic hydroxyl groups is 1. The lowest BCUT2D eigenvalue weighted by Crippen LogP contribution is -2.62. The molecule has 48 heavy (non-hydrogen) atoms. The van der Waals surface area contributed by atoms with Crippen molar-refractivity contribution in [3.05, 3.63) is 54.1 Å². The number of carboxylic acid groups (broad SMARTS) is 1. The summed E-state index contributed by atoms with van der Waals surface area (Å²) in [7, 11) is 0. The van der Waals surface area contributed by atoms with E-state index < -0.39 is 65.2 Å². The van der Waals surface area contributed by atoms with Crippen LogP contribution in [-0.2, 0) is 36.9 Å². The van der Waals surface area contributed by atoms with Gasteiger partial charge in [0, 0.05) is 24.9 Å². The first kappa shape index (κ1) is 39.5. The van der Waals surface area contributed by atoms with Crippen LogP contribution in [0.3, 0.4) is 0 Å². The van der Waals surface area contributed by atoms with Crippen molar-refractivity contribution in [3.63, 3.8) is 0 Å². The minimum absolute atomic E-state index is 0.0240. The number of esters is 1. The average molecular weight is 675 g/mol. The number of carboxylic acids is 1. The number of alkyl carbamates (subject to hydrolysis) is 1. The Bertz CT molecular complexity index is 1350. The second-order valence-corrected chi connectivity index (χ2v) is 13.3. The molecular formula is C33H50N6O9. The smallest absolute Gasteiger partial charge is 0.407 e. The lowest BCUT2D eigenvalue weighted by molar-refractivity contribution is -0.160. The van der Waals surface area contributed by atoms with Gasteiger partial charge in [-0.25, -0.2) is 19.4 Å². The SMILES string of the molecule is CC[C@@](C)(C(=O)OCc1ccccc1)[C@H](NC(=O)NCC(O)[C@H](CC(C)C)NC(=O)OC(C)(C)C)C(=O)N[C@@H](Cc1cnc[nH]1)C(=O)O. The highest BCUT2D eigenvalue weighted by molar-refractivity contribution is 5.95. The van der Waals surface area contributed by atoms with Gasteiger partial charge in [-0.3, -0.25) is 9.59 Å². The van der Waals surface area contributed by atoms with Gasteiger partial charge in [0.15, 0.2) is 0 Å². The van der Waals surface area contributed by atoms with E-state index in [-0.39, 0.29) is 31.9 Å². The molecule has 2 aromatic rings. The largest absolute Gasteiger partial charge is 0.480 e. The first-order chi connectivity index (χ1) is 22.4. The highest BCUT2D eigenvalue weighted by atomic mass is 16.6. The maximum atomic E-state index is 13.7. The number of rotatable bonds is 17. The number of hydrogen-bond donors (Lipinski definition) is 7. The summed E-state index contributed by atoms with van der Waals surface area (Å²) in [6.07, 6.45) is 1.04. The number of benzene rings is 1. The van der Waals surface area contributed by atoms with E-state index in [1.807, 2.05) is 19.9 Å². The molecule has 0 fully saturated rings. The summed E-state index contributed by atoms with van der Waals surface area (Å²) in [5.41, 5.74) is -1.27. The van der Waals surface area contributed by atoms with Crippen molar-refractivity contribution in [2.24, 2.45) is 11.3 Å². The fraction of sp³-hybridized carbons (Fsp3) is 0.576. The number of hydrogen-bond acceptors (Lipinski definition) is 9. The van der Waals surface area contributed by atoms with Gasteiger partial charge >= 0.3 is 24.1 Å². The molecule has 266 valence electrons. The number of imidazole rings is 1. The predicted octanol–water partition coefficient (Wildman–Crippen LogP) is 2.65. The van der Waals surface area contributed by atoms with Gasteiger partial charge in [-0.15, -0.1) is 0 Å². The molecule has 1 aromatic carbocycles. The van der Waals surface area contributed by atoms with Gasteiger partial charge in [-0.05, 0) is 52.0 Å². The van der Waals surface area contributed by atoms with Crippen molar-refractivity contribution in [1.82, 2.24) is 31.2 Å². The van der Waals surface area contributed by atoms with E-state index in [1.165, 1.54) is 19.4 Å². The molecule has 4 amide bonds. The molecule has 15 nitrogen and oxygen atoms in total. The number of aliphatic hydroxyl groups excluding tert-OH is 1. The maximum absolute atomic E-state index is 13.7. The number of carbonyl (C=O) groups excluding carboxylic acids is 4. The van der Waals surface area contributed by atoms with Gasteiger partial charge in [0.25, 0.3) is 0 Å². The van der Waals surface area contributed by atoms with Crippen LogP contribution in [0.25, 0.3) is 0 Å². The van der Waals surface area contributed by atoms with Gasteiger partial charge in [-0.1, -0.05) is 51.1 Å². The average Bonchev–Trinajstić information content (AvgIpc) is 3.52. The minimum atomic E-state index is -1.65. The number of amides is 4. The Morgan fingerprint density at radius 2 is 1.67 bits per heavy atom. The molecule has 5 atom stereocenters. The normalized spacial score (nSPS) is 15.2. The van der Waals surface area contributed by atoms with Crippen LogP contribution in [0.15, 0.2) is 42.9 Å². The molecule has 0 aliphatic rings. The van der Waals surface area contributed by atoms with Crippen LogP contribution in [0.4, 0.5) is 9.59 Å². The zero-order valence-electron chi connectivity index (χ0n) is 28.7. The summed E-state index contributed by atoms with van der Waals surface area (Å²) in [4.78, 5) is 71.7. The van der Waals surface area contributed by atoms with Crippen molar-refractivity contribution in [2.45, 2.75) is 104 Å². The summed E-state index contributed by atoms with van der Waals surface area (Å²) in [6.45, 7) is 11.5. The first-order valence-electron chi connectivity index (χ1n) is 15.9. The Morgan fingerprint density at radius 1 is 1.00 bits per heavy atom. The lowest BCUT2D eigenvalue weighted by Gasteiger charge is -2.35. The van der Waals surface area contributed by atoms with Crippen LogP contribution in [0.5, 0.6) is 0 Å². The number of aliphatic carboxylic acids is 1. The predicted molar refractivity (Wildman–Crippen MR) is 175 cm³/mol. The highest BCUT2D eigenvalue weighted by Crippen LogP contribution is 2.29. The molecule has 0 spiro atoms. The first-order valence-corrected chi connectivity index (χ1v) is 15.9. The highest BCUT2D eigenvalue weighted by Gasteiger charge is 2.47. The Labute approximate surface area is 280 Å². The number of aromatic nitrogens is 2. The van der Waals surface area contributed by atoms with Gasteiger partial charge in [0.1, 0.15) is 24.3 Å². The van der Waals surface area contributed by atoms with E-state index in [4.69, 9.17) is 9.47 Å². The summed E-state index contributed by atoms with van der Waals surface area (Å²) < 4.78 is 10.9. The number of H-pyrrole nitrogens is 1. The summed E-state index contributed by atoms with van der Waals surface area (Å²) >= 11 is 0. The molecule has 1 unspecified atom stereocenters. The number of ether oxygens (including phenoxy) is 2. The molecule has 0 bridgehead atoms. The van der Waals surface area contributed by atoms with Gasteiger partial charge in [0.2, 0.25) is 5.91 Å². The van der Waals surface area contributed by atoms with Crippen LogP contribution in [0.1, 0.15) is 72.6 Å². The zero-order valence-corrected chi connectivity index (χ0v) is 28.7. The molecular weight excluding hydrogens is 624 g/mol. The van der Waals surface area contributed by atoms with E-state index >= 15 is 0 Å². The number of aromatic amines is 1. The second-order valence-electron chi connectivity index (χ2n) is 13.3. The maximum Gasteiger partial charge on any atom is 0.407 e. The number of nitrogens with one attached hydrogen (secondary N) is 5. The fourth-order valence-corrected chi connectivity index (χ4v) is 4.74. The van der Waals surface area contributed by atoms with Gasteiger partial charge < -0.3 is 45.9 Å². The van der Waals surface area contributed by atoms with Crippen LogP contribution in [0.2, 0.25) is 0 Å². The van der Waals surface area contributed by atoms with Gasteiger partial charge in [0.05, 0.1) is 23.9 Å². The standard InChI is InChI=1S/C33H50N6O9/c1-8-33(7,29(44)47-18-21-12-10-9-11-13-21)26(27(41)37-24(28(42)43)15-22-16-34-19-36-22)39-30(45)35-17-25(40)23(14-20(2)3)38-31(46)48-32(4,5)6/h9-13,16,19-20,23-26,40H,8,14-15,17-18H2,1-7H3,(H,34,36)(H,37,41)(H,38,46)(H,42,43)(H2,35,39,45)/t23-,24-,25?,26+,33+/m0/s1. The van der Waals surface area contributed by atoms with E-state index in [9.17, 15) is 34.2 Å². The molecule has 0 aliphatic carbocycles. The van der Waals surface area contributed by atoms with E-state index in [0.717, 1.165) is 0 Å². The number of carbonyl (C=O) groups is 5. The molecule has 0 radical (unpaired) electrons. The van der Waals surface area contributed by atoms with Crippen LogP contribution < -0.4 is 21.3 Å². The fourth-order valence-electron chi connectivity index (χ4n) is 4.74. The minimum Gasteiger partial charge on any atom is -0.480 e. The molecule has 7 N–H and O–H groups in total. The molecule has 1 aromatic heterocycles. The van der Waals surface area contributed by atoms with E-state index in [2.05, 4.69) is 31.2 Å². The Hall–Kier alpha value is -4.66. The Balaban J connectivity index is 2.27. The molecule has 15 heteroatoms. The Morgan fingerprint density at radius 3 is 2.21 bits per heavy atom. The van der Waals surface area contributed by atoms with Crippen LogP contribution in [-0.4, -0.2) is 86.5 Å². The number of nitrogens with zero attached hydrogens (tertiary/aromatic N) is 1. The third-order valence-corrected chi connectivity index (χ3v) is 7.55. The molecule has 0 saturated carbocycles. The molecule has 0 saturated heterocycles. The Kier molecular flexibility index (Phi) is 14.8. The van der Waals surface area contributed by atoms with E-state index in [0.29, 0.717) is 17.7 Å². The quantitative estimate of drug-likeness (QED) is 0.122. The molecule has 2 rings (SSSR count). The topological polar surface area (TPSA) is 221 Å². The van der Waals surface area contributed by atoms with Gasteiger partial charge in [-0.2, -0.15) is 0 Å². The summed E-state index contributed by atoms with van der Waals surface area (Å²) in [5.74, 6) is -3.02. The van der Waals surface area contributed by atoms with Crippen molar-refractivity contribution >= 4 is 30.0 Å².